The Kier molecular flexibility index (Phi) is 3.70. The third kappa shape index (κ3) is 2.67. The summed E-state index contributed by atoms with van der Waals surface area (Å²) in [5.41, 5.74) is 1.29. The summed E-state index contributed by atoms with van der Waals surface area (Å²) >= 11 is 0. The predicted octanol–water partition coefficient (Wildman–Crippen LogP) is 1.40. The molecule has 0 aliphatic carbocycles. The van der Waals surface area contributed by atoms with E-state index >= 15 is 0 Å². The molecule has 1 aliphatic rings. The Labute approximate surface area is 109 Å². The summed E-state index contributed by atoms with van der Waals surface area (Å²) < 4.78 is 15.5. The first-order valence-electron chi connectivity index (χ1n) is 5.50. The highest BCUT2D eigenvalue weighted by molar-refractivity contribution is 5.85. The lowest BCUT2D eigenvalue weighted by Crippen LogP contribution is -2.04. The van der Waals surface area contributed by atoms with E-state index in [-0.39, 0.29) is 6.61 Å². The van der Waals surface area contributed by atoms with Gasteiger partial charge in [-0.15, -0.1) is 0 Å². The maximum absolute atomic E-state index is 10.5. The predicted molar refractivity (Wildman–Crippen MR) is 65.0 cm³/mol. The van der Waals surface area contributed by atoms with Crippen LogP contribution in [0.1, 0.15) is 17.2 Å². The lowest BCUT2D eigenvalue weighted by Gasteiger charge is -2.09. The van der Waals surface area contributed by atoms with Gasteiger partial charge in [0.25, 0.3) is 6.47 Å². The third-order valence-corrected chi connectivity index (χ3v) is 2.69. The number of carbonyl (C=O) groups excluding carboxylic acids is 1. The average Bonchev–Trinajstić information content (AvgIpc) is 2.79. The van der Waals surface area contributed by atoms with Crippen LogP contribution in [0.4, 0.5) is 0 Å². The van der Waals surface area contributed by atoms with Crippen LogP contribution in [0.25, 0.3) is 6.08 Å². The molecule has 1 N–H and O–H groups in total. The monoisotopic (exact) mass is 264 g/mol. The van der Waals surface area contributed by atoms with E-state index in [9.17, 15) is 9.59 Å². The molecule has 1 aromatic carbocycles. The van der Waals surface area contributed by atoms with E-state index in [1.807, 2.05) is 0 Å². The molecule has 1 heterocycles. The van der Waals surface area contributed by atoms with Crippen molar-refractivity contribution in [2.45, 2.75) is 6.10 Å². The number of ether oxygens (including phenoxy) is 3. The van der Waals surface area contributed by atoms with Crippen LogP contribution >= 0.6 is 0 Å². The maximum atomic E-state index is 10.5. The molecule has 0 saturated heterocycles. The van der Waals surface area contributed by atoms with Gasteiger partial charge in [0.1, 0.15) is 6.61 Å². The van der Waals surface area contributed by atoms with Crippen LogP contribution in [-0.2, 0) is 14.3 Å². The first-order chi connectivity index (χ1) is 9.15. The Balaban J connectivity index is 2.41. The number of hydrogen-bond donors (Lipinski definition) is 1. The maximum Gasteiger partial charge on any atom is 0.328 e. The second-order valence-electron chi connectivity index (χ2n) is 3.85. The fourth-order valence-corrected chi connectivity index (χ4v) is 1.88. The van der Waals surface area contributed by atoms with Crippen molar-refractivity contribution < 1.29 is 28.9 Å². The molecule has 0 fully saturated rings. The van der Waals surface area contributed by atoms with E-state index in [0.29, 0.717) is 29.1 Å². The Bertz CT molecular complexity index is 534. The lowest BCUT2D eigenvalue weighted by molar-refractivity contribution is -0.134. The Morgan fingerprint density at radius 3 is 2.95 bits per heavy atom. The summed E-state index contributed by atoms with van der Waals surface area (Å²) in [4.78, 5) is 20.9. The number of carboxylic acids is 1. The highest BCUT2D eigenvalue weighted by Gasteiger charge is 2.29. The fourth-order valence-electron chi connectivity index (χ4n) is 1.88. The summed E-state index contributed by atoms with van der Waals surface area (Å²) in [5.74, 6) is -0.0576. The highest BCUT2D eigenvalue weighted by atomic mass is 16.6. The third-order valence-electron chi connectivity index (χ3n) is 2.69. The molecule has 0 aromatic heterocycles. The van der Waals surface area contributed by atoms with Crippen molar-refractivity contribution in [3.63, 3.8) is 0 Å². The number of rotatable bonds is 5. The largest absolute Gasteiger partial charge is 0.493 e. The fraction of sp³-hybridized carbons (Fsp3) is 0.231. The molecule has 0 saturated carbocycles. The second-order valence-corrected chi connectivity index (χ2v) is 3.85. The van der Waals surface area contributed by atoms with Crippen molar-refractivity contribution in [1.29, 1.82) is 0 Å². The summed E-state index contributed by atoms with van der Waals surface area (Å²) in [6.45, 7) is 0.575. The molecule has 1 atom stereocenters. The number of hydrogen-bond acceptors (Lipinski definition) is 5. The van der Waals surface area contributed by atoms with Crippen molar-refractivity contribution in [3.8, 4) is 11.5 Å². The molecule has 0 bridgehead atoms. The van der Waals surface area contributed by atoms with Gasteiger partial charge < -0.3 is 19.3 Å². The molecule has 1 aromatic rings. The van der Waals surface area contributed by atoms with Gasteiger partial charge in [-0.2, -0.15) is 0 Å². The van der Waals surface area contributed by atoms with E-state index in [1.165, 1.54) is 13.2 Å². The summed E-state index contributed by atoms with van der Waals surface area (Å²) in [5, 5.41) is 8.62. The zero-order valence-corrected chi connectivity index (χ0v) is 10.2. The van der Waals surface area contributed by atoms with Gasteiger partial charge in [-0.3, -0.25) is 4.79 Å². The van der Waals surface area contributed by atoms with Gasteiger partial charge in [0.2, 0.25) is 0 Å². The molecule has 6 nitrogen and oxygen atoms in total. The second kappa shape index (κ2) is 5.43. The first-order valence-corrected chi connectivity index (χ1v) is 5.50. The van der Waals surface area contributed by atoms with Crippen LogP contribution in [0.15, 0.2) is 18.2 Å². The number of benzene rings is 1. The zero-order valence-electron chi connectivity index (χ0n) is 10.2. The average molecular weight is 264 g/mol. The molecule has 0 spiro atoms. The number of carboxylic acid groups (broad SMARTS) is 1. The molecule has 0 radical (unpaired) electrons. The minimum Gasteiger partial charge on any atom is -0.493 e. The van der Waals surface area contributed by atoms with Gasteiger partial charge >= 0.3 is 5.97 Å². The van der Waals surface area contributed by atoms with Crippen molar-refractivity contribution in [2.75, 3.05) is 13.7 Å². The Morgan fingerprint density at radius 1 is 1.53 bits per heavy atom. The zero-order chi connectivity index (χ0) is 13.8. The molecular weight excluding hydrogens is 252 g/mol. The van der Waals surface area contributed by atoms with Gasteiger partial charge in [-0.05, 0) is 23.8 Å². The van der Waals surface area contributed by atoms with Gasteiger partial charge in [-0.25, -0.2) is 4.79 Å². The van der Waals surface area contributed by atoms with Gasteiger partial charge in [-0.1, -0.05) is 0 Å². The molecule has 0 amide bonds. The number of carbonyl (C=O) groups is 2. The van der Waals surface area contributed by atoms with E-state index in [1.54, 1.807) is 12.1 Å². The van der Waals surface area contributed by atoms with Gasteiger partial charge in [0, 0.05) is 11.6 Å². The number of aliphatic carboxylic acids is 1. The molecule has 1 unspecified atom stereocenters. The smallest absolute Gasteiger partial charge is 0.328 e. The Hall–Kier alpha value is -2.50. The van der Waals surface area contributed by atoms with Crippen molar-refractivity contribution in [1.82, 2.24) is 0 Å². The van der Waals surface area contributed by atoms with Crippen LogP contribution in [0.5, 0.6) is 11.5 Å². The van der Waals surface area contributed by atoms with E-state index in [0.717, 1.165) is 6.08 Å². The highest BCUT2D eigenvalue weighted by Crippen LogP contribution is 2.42. The molecule has 1 aliphatic heterocycles. The SMILES string of the molecule is COc1cc(/C=C/C(=O)O)cc2c1OCC2OC=O. The van der Waals surface area contributed by atoms with Crippen LogP contribution in [-0.4, -0.2) is 31.3 Å². The van der Waals surface area contributed by atoms with E-state index in [4.69, 9.17) is 19.3 Å². The summed E-state index contributed by atoms with van der Waals surface area (Å²) in [6, 6.07) is 3.36. The van der Waals surface area contributed by atoms with Crippen molar-refractivity contribution in [3.05, 3.63) is 29.3 Å². The van der Waals surface area contributed by atoms with Crippen LogP contribution in [0.3, 0.4) is 0 Å². The van der Waals surface area contributed by atoms with Gasteiger partial charge in [0.15, 0.2) is 17.6 Å². The van der Waals surface area contributed by atoms with Gasteiger partial charge in [0.05, 0.1) is 7.11 Å². The molecule has 6 heteroatoms. The quantitative estimate of drug-likeness (QED) is 0.639. The minimum atomic E-state index is -1.04. The number of methoxy groups -OCH3 is 1. The van der Waals surface area contributed by atoms with Crippen molar-refractivity contribution in [2.24, 2.45) is 0 Å². The van der Waals surface area contributed by atoms with E-state index in [2.05, 4.69) is 0 Å². The van der Waals surface area contributed by atoms with Crippen molar-refractivity contribution >= 4 is 18.5 Å². The molecule has 2 rings (SSSR count). The van der Waals surface area contributed by atoms with Crippen LogP contribution in [0.2, 0.25) is 0 Å². The lowest BCUT2D eigenvalue weighted by atomic mass is 10.1. The van der Waals surface area contributed by atoms with E-state index < -0.39 is 12.1 Å². The standard InChI is InChI=1S/C13H12O6/c1-17-10-5-8(2-3-12(15)16)4-9-11(19-7-14)6-18-13(9)10/h2-5,7,11H,6H2,1H3,(H,15,16)/b3-2+. The molecule has 100 valence electrons. The topological polar surface area (TPSA) is 82.1 Å². The minimum absolute atomic E-state index is 0.219. The number of fused-ring (bicyclic) bond motifs is 1. The summed E-state index contributed by atoms with van der Waals surface area (Å²) in [6.07, 6.45) is 1.95. The normalized spacial score (nSPS) is 16.8. The molecule has 19 heavy (non-hydrogen) atoms. The molecular formula is C13H12O6. The summed E-state index contributed by atoms with van der Waals surface area (Å²) in [7, 11) is 1.48. The van der Waals surface area contributed by atoms with Crippen LogP contribution in [0, 0.1) is 0 Å². The first kappa shape index (κ1) is 12.9. The van der Waals surface area contributed by atoms with Crippen LogP contribution < -0.4 is 9.47 Å². The Morgan fingerprint density at radius 2 is 2.32 bits per heavy atom.